The Morgan fingerprint density at radius 2 is 2.00 bits per heavy atom. The van der Waals surface area contributed by atoms with E-state index < -0.39 is 11.9 Å². The highest BCUT2D eigenvalue weighted by molar-refractivity contribution is 6.48. The van der Waals surface area contributed by atoms with Crippen LogP contribution in [0.5, 0.6) is 0 Å². The molecule has 0 saturated heterocycles. The molecular formula is C12H13Cl3N2O3. The van der Waals surface area contributed by atoms with E-state index in [1.165, 1.54) is 6.20 Å². The molecule has 0 radical (unpaired) electrons. The number of nitrogens with zero attached hydrogens (tertiary/aromatic N) is 1. The fraction of sp³-hybridized carbons (Fsp3) is 0.417. The van der Waals surface area contributed by atoms with Gasteiger partial charge in [0.1, 0.15) is 5.69 Å². The second kappa shape index (κ2) is 7.67. The summed E-state index contributed by atoms with van der Waals surface area (Å²) in [7, 11) is 0. The summed E-state index contributed by atoms with van der Waals surface area (Å²) in [6, 6.07) is 0. The molecule has 1 aromatic heterocycles. The number of hydrogen-bond donors (Lipinski definition) is 2. The maximum atomic E-state index is 11.9. The zero-order chi connectivity index (χ0) is 15.3. The second-order valence-corrected chi connectivity index (χ2v) is 5.49. The quantitative estimate of drug-likeness (QED) is 0.833. The monoisotopic (exact) mass is 338 g/mol. The van der Waals surface area contributed by atoms with E-state index in [2.05, 4.69) is 10.3 Å². The summed E-state index contributed by atoms with van der Waals surface area (Å²) in [4.78, 5) is 26.2. The molecule has 2 N–H and O–H groups in total. The number of pyridine rings is 1. The fourth-order valence-corrected chi connectivity index (χ4v) is 1.99. The molecule has 0 spiro atoms. The van der Waals surface area contributed by atoms with Crippen LogP contribution in [0.4, 0.5) is 0 Å². The van der Waals surface area contributed by atoms with E-state index in [0.29, 0.717) is 13.0 Å². The summed E-state index contributed by atoms with van der Waals surface area (Å²) in [6.07, 6.45) is 1.78. The van der Waals surface area contributed by atoms with E-state index in [4.69, 9.17) is 39.9 Å². The summed E-state index contributed by atoms with van der Waals surface area (Å²) in [5, 5.41) is 11.4. The van der Waals surface area contributed by atoms with Gasteiger partial charge in [-0.1, -0.05) is 41.7 Å². The van der Waals surface area contributed by atoms with Crippen LogP contribution >= 0.6 is 34.8 Å². The molecule has 110 valence electrons. The number of halogens is 3. The zero-order valence-corrected chi connectivity index (χ0v) is 12.9. The molecule has 8 heteroatoms. The van der Waals surface area contributed by atoms with Crippen LogP contribution in [-0.2, 0) is 4.79 Å². The molecule has 1 aromatic rings. The van der Waals surface area contributed by atoms with Gasteiger partial charge in [-0.25, -0.2) is 4.98 Å². The highest BCUT2D eigenvalue weighted by Crippen LogP contribution is 2.30. The van der Waals surface area contributed by atoms with Gasteiger partial charge >= 0.3 is 5.97 Å². The normalized spacial score (nSPS) is 12.0. The molecule has 1 heterocycles. The lowest BCUT2D eigenvalue weighted by Gasteiger charge is -2.12. The predicted octanol–water partition coefficient (Wildman–Crippen LogP) is 3.27. The number of rotatable bonds is 6. The van der Waals surface area contributed by atoms with Crippen molar-refractivity contribution in [3.8, 4) is 0 Å². The summed E-state index contributed by atoms with van der Waals surface area (Å²) >= 11 is 17.4. The molecular weight excluding hydrogens is 327 g/mol. The maximum Gasteiger partial charge on any atom is 0.303 e. The minimum atomic E-state index is -0.864. The Labute approximate surface area is 131 Å². The Morgan fingerprint density at radius 1 is 1.35 bits per heavy atom. The van der Waals surface area contributed by atoms with Crippen molar-refractivity contribution in [2.45, 2.75) is 19.8 Å². The average Bonchev–Trinajstić information content (AvgIpc) is 2.40. The zero-order valence-electron chi connectivity index (χ0n) is 10.6. The number of carboxylic acid groups (broad SMARTS) is 1. The molecule has 1 unspecified atom stereocenters. The molecule has 0 saturated carbocycles. The number of aliphatic carboxylic acids is 1. The second-order valence-electron chi connectivity index (χ2n) is 4.33. The fourth-order valence-electron chi connectivity index (χ4n) is 1.42. The van der Waals surface area contributed by atoms with E-state index in [0.717, 1.165) is 0 Å². The van der Waals surface area contributed by atoms with E-state index in [9.17, 15) is 9.59 Å². The third-order valence-electron chi connectivity index (χ3n) is 2.59. The lowest BCUT2D eigenvalue weighted by molar-refractivity contribution is -0.137. The van der Waals surface area contributed by atoms with Gasteiger partial charge in [0.25, 0.3) is 5.91 Å². The van der Waals surface area contributed by atoms with Gasteiger partial charge in [-0.2, -0.15) is 0 Å². The first-order valence-corrected chi connectivity index (χ1v) is 6.95. The molecule has 0 bridgehead atoms. The smallest absolute Gasteiger partial charge is 0.303 e. The molecule has 1 amide bonds. The molecule has 5 nitrogen and oxygen atoms in total. The molecule has 0 aromatic carbocycles. The van der Waals surface area contributed by atoms with Crippen molar-refractivity contribution in [1.82, 2.24) is 10.3 Å². The lowest BCUT2D eigenvalue weighted by Crippen LogP contribution is -2.29. The van der Waals surface area contributed by atoms with Gasteiger partial charge in [0, 0.05) is 19.2 Å². The van der Waals surface area contributed by atoms with Crippen molar-refractivity contribution in [3.63, 3.8) is 0 Å². The van der Waals surface area contributed by atoms with Gasteiger partial charge in [0.2, 0.25) is 0 Å². The van der Waals surface area contributed by atoms with E-state index in [-0.39, 0.29) is 33.1 Å². The van der Waals surface area contributed by atoms with Crippen LogP contribution in [0.15, 0.2) is 6.20 Å². The maximum absolute atomic E-state index is 11.9. The topological polar surface area (TPSA) is 79.3 Å². The Balaban J connectivity index is 2.59. The summed E-state index contributed by atoms with van der Waals surface area (Å²) < 4.78 is 0. The summed E-state index contributed by atoms with van der Waals surface area (Å²) in [6.45, 7) is 2.16. The first kappa shape index (κ1) is 17.0. The van der Waals surface area contributed by atoms with Gasteiger partial charge in [0.05, 0.1) is 15.1 Å². The first-order chi connectivity index (χ1) is 9.32. The molecule has 0 aliphatic carbocycles. The standard InChI is InChI=1S/C12H13Cl3N2O3/c1-6(2-3-8(18)19)4-17-12(20)11-10(15)9(14)7(13)5-16-11/h5-6H,2-4H2,1H3,(H,17,20)(H,18,19). The predicted molar refractivity (Wildman–Crippen MR) is 77.6 cm³/mol. The van der Waals surface area contributed by atoms with Gasteiger partial charge in [0.15, 0.2) is 0 Å². The van der Waals surface area contributed by atoms with Crippen molar-refractivity contribution in [2.24, 2.45) is 5.92 Å². The van der Waals surface area contributed by atoms with Gasteiger partial charge in [-0.3, -0.25) is 9.59 Å². The summed E-state index contributed by atoms with van der Waals surface area (Å²) in [5.74, 6) is -1.32. The minimum Gasteiger partial charge on any atom is -0.481 e. The van der Waals surface area contributed by atoms with Crippen LogP contribution in [0.25, 0.3) is 0 Å². The van der Waals surface area contributed by atoms with Gasteiger partial charge in [-0.05, 0) is 12.3 Å². The molecule has 0 aliphatic heterocycles. The highest BCUT2D eigenvalue weighted by atomic mass is 35.5. The van der Waals surface area contributed by atoms with Gasteiger partial charge in [-0.15, -0.1) is 0 Å². The number of hydrogen-bond acceptors (Lipinski definition) is 3. The first-order valence-electron chi connectivity index (χ1n) is 5.82. The van der Waals surface area contributed by atoms with Crippen molar-refractivity contribution in [3.05, 3.63) is 27.0 Å². The van der Waals surface area contributed by atoms with Crippen LogP contribution < -0.4 is 5.32 Å². The van der Waals surface area contributed by atoms with E-state index >= 15 is 0 Å². The van der Waals surface area contributed by atoms with Gasteiger partial charge < -0.3 is 10.4 Å². The minimum absolute atomic E-state index is 0.00476. The molecule has 20 heavy (non-hydrogen) atoms. The van der Waals surface area contributed by atoms with E-state index in [1.807, 2.05) is 6.92 Å². The van der Waals surface area contributed by atoms with E-state index in [1.54, 1.807) is 0 Å². The van der Waals surface area contributed by atoms with Crippen molar-refractivity contribution in [1.29, 1.82) is 0 Å². The lowest BCUT2D eigenvalue weighted by atomic mass is 10.1. The molecule has 0 fully saturated rings. The molecule has 1 atom stereocenters. The summed E-state index contributed by atoms with van der Waals surface area (Å²) in [5.41, 5.74) is -0.00787. The number of carbonyl (C=O) groups is 2. The number of amides is 1. The average molecular weight is 340 g/mol. The SMILES string of the molecule is CC(CCC(=O)O)CNC(=O)c1ncc(Cl)c(Cl)c1Cl. The highest BCUT2D eigenvalue weighted by Gasteiger charge is 2.17. The number of nitrogens with one attached hydrogen (secondary N) is 1. The Kier molecular flexibility index (Phi) is 6.52. The molecule has 0 aliphatic rings. The van der Waals surface area contributed by atoms with Crippen LogP contribution in [0.1, 0.15) is 30.3 Å². The molecule has 1 rings (SSSR count). The number of aromatic nitrogens is 1. The van der Waals surface area contributed by atoms with Crippen LogP contribution in [-0.4, -0.2) is 28.5 Å². The van der Waals surface area contributed by atoms with Crippen molar-refractivity contribution in [2.75, 3.05) is 6.54 Å². The van der Waals surface area contributed by atoms with Crippen LogP contribution in [0.3, 0.4) is 0 Å². The third-order valence-corrected chi connectivity index (χ3v) is 3.84. The Hall–Kier alpha value is -1.04. The van der Waals surface area contributed by atoms with Crippen molar-refractivity contribution >= 4 is 46.7 Å². The number of carboxylic acids is 1. The number of carbonyl (C=O) groups excluding carboxylic acids is 1. The van der Waals surface area contributed by atoms with Crippen LogP contribution in [0.2, 0.25) is 15.1 Å². The Morgan fingerprint density at radius 3 is 2.60 bits per heavy atom. The largest absolute Gasteiger partial charge is 0.481 e. The van der Waals surface area contributed by atoms with Crippen LogP contribution in [0, 0.1) is 5.92 Å². The third kappa shape index (κ3) is 4.81. The Bertz CT molecular complexity index is 523. The van der Waals surface area contributed by atoms with Crippen molar-refractivity contribution < 1.29 is 14.7 Å².